The third-order valence-electron chi connectivity index (χ3n) is 9.64. The van der Waals surface area contributed by atoms with Crippen molar-refractivity contribution < 1.29 is 43.2 Å². The van der Waals surface area contributed by atoms with Crippen LogP contribution in [0.3, 0.4) is 0 Å². The zero-order chi connectivity index (χ0) is 33.8. The number of ether oxygens (including phenoxy) is 4. The first-order valence-corrected chi connectivity index (χ1v) is 16.9. The fourth-order valence-corrected chi connectivity index (χ4v) is 6.94. The highest BCUT2D eigenvalue weighted by atomic mass is 16.6. The van der Waals surface area contributed by atoms with Gasteiger partial charge in [-0.1, -0.05) is 30.7 Å². The number of nitrogens with one attached hydrogen (secondary N) is 2. The Balaban J connectivity index is 1.26. The number of hydrogen-bond acceptors (Lipinski definition) is 9. The molecule has 3 fully saturated rings. The Morgan fingerprint density at radius 2 is 2.06 bits per heavy atom. The summed E-state index contributed by atoms with van der Waals surface area (Å²) in [6.07, 6.45) is 6.06. The predicted octanol–water partition coefficient (Wildman–Crippen LogP) is 3.65. The van der Waals surface area contributed by atoms with Gasteiger partial charge in [-0.05, 0) is 51.2 Å². The lowest BCUT2D eigenvalue weighted by molar-refractivity contribution is -0.145. The maximum absolute atomic E-state index is 14.0. The first kappa shape index (κ1) is 33.5. The average molecular weight is 665 g/mol. The number of aliphatic carboxylic acids is 1. The molecule has 1 saturated carbocycles. The van der Waals surface area contributed by atoms with Crippen molar-refractivity contribution in [2.45, 2.75) is 95.0 Å². The van der Waals surface area contributed by atoms with Crippen LogP contribution in [0.25, 0.3) is 10.9 Å². The number of amides is 3. The van der Waals surface area contributed by atoms with Gasteiger partial charge in [0, 0.05) is 42.7 Å². The number of rotatable bonds is 7. The van der Waals surface area contributed by atoms with Gasteiger partial charge in [0.25, 0.3) is 0 Å². The van der Waals surface area contributed by atoms with Gasteiger partial charge in [-0.2, -0.15) is 0 Å². The van der Waals surface area contributed by atoms with Gasteiger partial charge < -0.3 is 39.6 Å². The van der Waals surface area contributed by atoms with Crippen LogP contribution in [-0.4, -0.2) is 95.1 Å². The Morgan fingerprint density at radius 1 is 1.21 bits per heavy atom. The summed E-state index contributed by atoms with van der Waals surface area (Å²) in [6, 6.07) is 5.97. The highest BCUT2D eigenvalue weighted by Crippen LogP contribution is 2.45. The number of carboxylic acids is 1. The van der Waals surface area contributed by atoms with Crippen molar-refractivity contribution in [3.05, 3.63) is 42.0 Å². The first-order chi connectivity index (χ1) is 23.2. The summed E-state index contributed by atoms with van der Waals surface area (Å²) in [6.45, 7) is 5.19. The molecule has 0 spiro atoms. The van der Waals surface area contributed by atoms with E-state index in [0.29, 0.717) is 50.7 Å². The van der Waals surface area contributed by atoms with E-state index in [9.17, 15) is 24.3 Å². The topological polar surface area (TPSA) is 166 Å². The first-order valence-electron chi connectivity index (χ1n) is 16.9. The van der Waals surface area contributed by atoms with Gasteiger partial charge in [0.2, 0.25) is 17.7 Å². The van der Waals surface area contributed by atoms with Crippen molar-refractivity contribution >= 4 is 34.8 Å². The molecule has 0 bridgehead atoms. The van der Waals surface area contributed by atoms with Gasteiger partial charge in [0.05, 0.1) is 31.9 Å². The Morgan fingerprint density at radius 3 is 2.83 bits per heavy atom. The monoisotopic (exact) mass is 664 g/mol. The molecule has 13 heteroatoms. The van der Waals surface area contributed by atoms with Gasteiger partial charge >= 0.3 is 12.1 Å². The smallest absolute Gasteiger partial charge is 0.407 e. The molecule has 3 aliphatic heterocycles. The highest BCUT2D eigenvalue weighted by molar-refractivity contribution is 5.95. The number of carboxylic acid groups (broad SMARTS) is 1. The summed E-state index contributed by atoms with van der Waals surface area (Å²) in [7, 11) is 0. The number of fused-ring (bicyclic) bond motifs is 3. The number of hydrogen-bond donors (Lipinski definition) is 3. The zero-order valence-corrected chi connectivity index (χ0v) is 27.4. The fourth-order valence-electron chi connectivity index (χ4n) is 6.94. The molecule has 2 saturated heterocycles. The number of carbonyl (C=O) groups is 4. The van der Waals surface area contributed by atoms with Crippen LogP contribution in [0.5, 0.6) is 11.6 Å². The van der Waals surface area contributed by atoms with Crippen LogP contribution in [0.15, 0.2) is 36.4 Å². The van der Waals surface area contributed by atoms with Crippen LogP contribution in [-0.2, 0) is 23.9 Å². The summed E-state index contributed by atoms with van der Waals surface area (Å²) in [5.74, 6) is -1.41. The molecule has 4 aliphatic rings. The molecule has 3 amide bonds. The van der Waals surface area contributed by atoms with Crippen molar-refractivity contribution in [3.8, 4) is 11.6 Å². The lowest BCUT2D eigenvalue weighted by Crippen LogP contribution is -2.53. The molecule has 3 N–H and O–H groups in total. The summed E-state index contributed by atoms with van der Waals surface area (Å²) in [4.78, 5) is 59.2. The standard InChI is InChI=1S/C35H44N4O9/c1-3-46-29-17-28(26-12-8-9-21(2)31(26)37-29)47-25-16-27-32(41)38-35(33(42)43)18-22(35)10-6-4-5-7-11-23(15-30(40)39(27)19-25)36-34(44)48-24-13-14-45-20-24/h6,8-10,12,17,22-25,27H,3-5,7,11,13-16,18-20H2,1-2H3,(H,36,44)(H,38,41)(H,42,43)/b10-6-/t22-,23+,24-,25-,27+,35-/m1/s1. The number of nitrogens with zero attached hydrogens (tertiary/aromatic N) is 2. The molecular weight excluding hydrogens is 620 g/mol. The van der Waals surface area contributed by atoms with E-state index < -0.39 is 41.7 Å². The van der Waals surface area contributed by atoms with E-state index >= 15 is 0 Å². The van der Waals surface area contributed by atoms with Crippen LogP contribution in [0.4, 0.5) is 4.79 Å². The quantitative estimate of drug-likeness (QED) is 0.372. The van der Waals surface area contributed by atoms with E-state index in [1.165, 1.54) is 4.90 Å². The summed E-state index contributed by atoms with van der Waals surface area (Å²) >= 11 is 0. The zero-order valence-electron chi connectivity index (χ0n) is 27.4. The molecule has 4 heterocycles. The molecule has 6 atom stereocenters. The summed E-state index contributed by atoms with van der Waals surface area (Å²) in [5, 5.41) is 16.6. The predicted molar refractivity (Wildman–Crippen MR) is 174 cm³/mol. The van der Waals surface area contributed by atoms with Crippen molar-refractivity contribution in [2.75, 3.05) is 26.4 Å². The highest BCUT2D eigenvalue weighted by Gasteiger charge is 2.61. The van der Waals surface area contributed by atoms with Gasteiger partial charge in [0.15, 0.2) is 0 Å². The minimum Gasteiger partial charge on any atom is -0.488 e. The van der Waals surface area contributed by atoms with E-state index in [-0.39, 0.29) is 43.7 Å². The third kappa shape index (κ3) is 7.35. The van der Waals surface area contributed by atoms with Gasteiger partial charge in [-0.3, -0.25) is 9.59 Å². The van der Waals surface area contributed by atoms with E-state index in [1.54, 1.807) is 6.07 Å². The molecule has 0 unspecified atom stereocenters. The van der Waals surface area contributed by atoms with Crippen molar-refractivity contribution in [3.63, 3.8) is 0 Å². The number of benzene rings is 1. The second-order valence-electron chi connectivity index (χ2n) is 13.1. The molecule has 1 aliphatic carbocycles. The Labute approximate surface area is 279 Å². The largest absolute Gasteiger partial charge is 0.488 e. The molecule has 6 rings (SSSR count). The fraction of sp³-hybridized carbons (Fsp3) is 0.571. The maximum atomic E-state index is 14.0. The number of alkyl carbamates (subject to hydrolysis) is 1. The normalized spacial score (nSPS) is 29.9. The van der Waals surface area contributed by atoms with Crippen LogP contribution < -0.4 is 20.1 Å². The number of pyridine rings is 1. The third-order valence-corrected chi connectivity index (χ3v) is 9.64. The molecule has 48 heavy (non-hydrogen) atoms. The molecular formula is C35H44N4O9. The second kappa shape index (κ2) is 14.4. The van der Waals surface area contributed by atoms with E-state index in [4.69, 9.17) is 18.9 Å². The molecule has 1 aromatic carbocycles. The number of aryl methyl sites for hydroxylation is 1. The maximum Gasteiger partial charge on any atom is 0.407 e. The number of aromatic nitrogens is 1. The Kier molecular flexibility index (Phi) is 10.0. The minimum atomic E-state index is -1.41. The molecule has 258 valence electrons. The van der Waals surface area contributed by atoms with E-state index in [1.807, 2.05) is 44.2 Å². The summed E-state index contributed by atoms with van der Waals surface area (Å²) in [5.41, 5.74) is 0.253. The van der Waals surface area contributed by atoms with Crippen LogP contribution >= 0.6 is 0 Å². The SMILES string of the molecule is CCOc1cc(O[C@@H]2C[C@H]3C(=O)N[C@]4(C(=O)O)C[C@H]4/C=C\CCCC[C@H](NC(=O)O[C@@H]4CCOC4)CC(=O)N3C2)c2cccc(C)c2n1. The lowest BCUT2D eigenvalue weighted by Gasteiger charge is -2.27. The minimum absolute atomic E-state index is 0.0544. The van der Waals surface area contributed by atoms with Crippen molar-refractivity contribution in [2.24, 2.45) is 5.92 Å². The molecule has 13 nitrogen and oxygen atoms in total. The van der Waals surface area contributed by atoms with Crippen LogP contribution in [0.2, 0.25) is 0 Å². The van der Waals surface area contributed by atoms with Crippen LogP contribution in [0, 0.1) is 12.8 Å². The average Bonchev–Trinajstić information content (AvgIpc) is 3.33. The van der Waals surface area contributed by atoms with Gasteiger partial charge in [-0.15, -0.1) is 0 Å². The number of carbonyl (C=O) groups excluding carboxylic acids is 3. The Hall–Kier alpha value is -4.39. The molecule has 0 radical (unpaired) electrons. The summed E-state index contributed by atoms with van der Waals surface area (Å²) < 4.78 is 23.1. The van der Waals surface area contributed by atoms with E-state index in [0.717, 1.165) is 29.3 Å². The Bertz CT molecular complexity index is 1570. The molecule has 1 aromatic heterocycles. The molecule has 2 aromatic rings. The van der Waals surface area contributed by atoms with Gasteiger partial charge in [0.1, 0.15) is 29.5 Å². The van der Waals surface area contributed by atoms with Crippen LogP contribution in [0.1, 0.15) is 63.9 Å². The van der Waals surface area contributed by atoms with Crippen molar-refractivity contribution in [1.82, 2.24) is 20.5 Å². The lowest BCUT2D eigenvalue weighted by atomic mass is 10.0. The second-order valence-corrected chi connectivity index (χ2v) is 13.1. The van der Waals surface area contributed by atoms with Gasteiger partial charge in [-0.25, -0.2) is 14.6 Å². The van der Waals surface area contributed by atoms with E-state index in [2.05, 4.69) is 15.6 Å². The van der Waals surface area contributed by atoms with Crippen molar-refractivity contribution in [1.29, 1.82) is 0 Å². The number of allylic oxidation sites excluding steroid dienone is 1. The number of para-hydroxylation sites is 1.